The Morgan fingerprint density at radius 2 is 2.00 bits per heavy atom. The summed E-state index contributed by atoms with van der Waals surface area (Å²) in [6.45, 7) is 4.35. The summed E-state index contributed by atoms with van der Waals surface area (Å²) < 4.78 is 18.9. The van der Waals surface area contributed by atoms with E-state index in [1.807, 2.05) is 19.9 Å². The Labute approximate surface area is 116 Å². The minimum absolute atomic E-state index is 0.0618. The third-order valence-electron chi connectivity index (χ3n) is 2.96. The van der Waals surface area contributed by atoms with Crippen molar-refractivity contribution < 1.29 is 19.0 Å². The van der Waals surface area contributed by atoms with Gasteiger partial charge in [0.15, 0.2) is 0 Å². The lowest BCUT2D eigenvalue weighted by molar-refractivity contribution is 0.0696. The molecule has 0 bridgehead atoms. The van der Waals surface area contributed by atoms with Crippen LogP contribution in [0.4, 0.5) is 4.39 Å². The van der Waals surface area contributed by atoms with Crippen LogP contribution in [0.25, 0.3) is 11.1 Å². The first-order valence-corrected chi connectivity index (χ1v) is 6.29. The molecule has 3 nitrogen and oxygen atoms in total. The maximum absolute atomic E-state index is 13.5. The summed E-state index contributed by atoms with van der Waals surface area (Å²) >= 11 is 0. The number of ether oxygens (including phenoxy) is 1. The highest BCUT2D eigenvalue weighted by Crippen LogP contribution is 2.28. The first-order valence-electron chi connectivity index (χ1n) is 6.29. The molecule has 2 rings (SSSR count). The van der Waals surface area contributed by atoms with Gasteiger partial charge in [-0.1, -0.05) is 6.07 Å². The Kier molecular flexibility index (Phi) is 4.03. The first kappa shape index (κ1) is 14.1. The number of hydrogen-bond acceptors (Lipinski definition) is 2. The zero-order valence-electron chi connectivity index (χ0n) is 11.3. The van der Waals surface area contributed by atoms with Gasteiger partial charge in [-0.3, -0.25) is 0 Å². The molecule has 0 aliphatic carbocycles. The summed E-state index contributed by atoms with van der Waals surface area (Å²) in [5.74, 6) is -0.967. The van der Waals surface area contributed by atoms with Crippen LogP contribution < -0.4 is 4.74 Å². The SMILES string of the molecule is CCOc1ccc(-c2cc(F)cc(C(=O)O)c2)c(C)c1. The van der Waals surface area contributed by atoms with E-state index >= 15 is 0 Å². The van der Waals surface area contributed by atoms with Gasteiger partial charge in [0.1, 0.15) is 11.6 Å². The normalized spacial score (nSPS) is 10.3. The number of benzene rings is 2. The second kappa shape index (κ2) is 5.74. The van der Waals surface area contributed by atoms with Gasteiger partial charge in [0.05, 0.1) is 12.2 Å². The van der Waals surface area contributed by atoms with Crippen molar-refractivity contribution >= 4 is 5.97 Å². The molecule has 0 spiro atoms. The van der Waals surface area contributed by atoms with Crippen LogP contribution in [-0.4, -0.2) is 17.7 Å². The molecule has 2 aromatic rings. The van der Waals surface area contributed by atoms with Gasteiger partial charge in [0, 0.05) is 0 Å². The number of carboxylic acid groups (broad SMARTS) is 1. The average molecular weight is 274 g/mol. The zero-order chi connectivity index (χ0) is 14.7. The maximum Gasteiger partial charge on any atom is 0.335 e. The summed E-state index contributed by atoms with van der Waals surface area (Å²) in [6, 6.07) is 9.25. The Hall–Kier alpha value is -2.36. The van der Waals surface area contributed by atoms with Crippen LogP contribution in [0.5, 0.6) is 5.75 Å². The number of hydrogen-bond donors (Lipinski definition) is 1. The predicted octanol–water partition coefficient (Wildman–Crippen LogP) is 3.90. The molecule has 104 valence electrons. The molecule has 0 amide bonds. The fraction of sp³-hybridized carbons (Fsp3) is 0.188. The molecule has 0 radical (unpaired) electrons. The third kappa shape index (κ3) is 2.96. The summed E-state index contributed by atoms with van der Waals surface area (Å²) in [5.41, 5.74) is 2.17. The van der Waals surface area contributed by atoms with E-state index in [4.69, 9.17) is 9.84 Å². The van der Waals surface area contributed by atoms with E-state index in [-0.39, 0.29) is 5.56 Å². The van der Waals surface area contributed by atoms with E-state index < -0.39 is 11.8 Å². The Morgan fingerprint density at radius 3 is 2.60 bits per heavy atom. The monoisotopic (exact) mass is 274 g/mol. The molecule has 2 aromatic carbocycles. The average Bonchev–Trinajstić information content (AvgIpc) is 2.38. The van der Waals surface area contributed by atoms with Crippen molar-refractivity contribution in [3.05, 3.63) is 53.3 Å². The van der Waals surface area contributed by atoms with Gasteiger partial charge in [-0.05, 0) is 60.9 Å². The largest absolute Gasteiger partial charge is 0.494 e. The van der Waals surface area contributed by atoms with Crippen LogP contribution in [0.3, 0.4) is 0 Å². The fourth-order valence-electron chi connectivity index (χ4n) is 2.09. The van der Waals surface area contributed by atoms with Crippen LogP contribution >= 0.6 is 0 Å². The molecule has 0 aromatic heterocycles. The van der Waals surface area contributed by atoms with E-state index in [2.05, 4.69) is 0 Å². The van der Waals surface area contributed by atoms with Crippen LogP contribution in [-0.2, 0) is 0 Å². The van der Waals surface area contributed by atoms with Gasteiger partial charge in [0.2, 0.25) is 0 Å². The van der Waals surface area contributed by atoms with Gasteiger partial charge in [-0.15, -0.1) is 0 Å². The first-order chi connectivity index (χ1) is 9.51. The minimum Gasteiger partial charge on any atom is -0.494 e. The maximum atomic E-state index is 13.5. The second-order valence-electron chi connectivity index (χ2n) is 4.44. The van der Waals surface area contributed by atoms with Crippen LogP contribution in [0.2, 0.25) is 0 Å². The molecule has 0 heterocycles. The van der Waals surface area contributed by atoms with Crippen molar-refractivity contribution in [3.8, 4) is 16.9 Å². The molecule has 0 fully saturated rings. The number of aromatic carboxylic acids is 1. The minimum atomic E-state index is -1.14. The number of carboxylic acids is 1. The van der Waals surface area contributed by atoms with Crippen molar-refractivity contribution in [1.82, 2.24) is 0 Å². The standard InChI is InChI=1S/C16H15FO3/c1-3-20-14-4-5-15(10(2)6-14)11-7-12(16(18)19)9-13(17)8-11/h4-9H,3H2,1-2H3,(H,18,19). The molecular weight excluding hydrogens is 259 g/mol. The smallest absolute Gasteiger partial charge is 0.335 e. The van der Waals surface area contributed by atoms with Crippen LogP contribution in [0.1, 0.15) is 22.8 Å². The van der Waals surface area contributed by atoms with Crippen LogP contribution in [0.15, 0.2) is 36.4 Å². The highest BCUT2D eigenvalue weighted by Gasteiger charge is 2.10. The van der Waals surface area contributed by atoms with Gasteiger partial charge in [0.25, 0.3) is 0 Å². The highest BCUT2D eigenvalue weighted by molar-refractivity contribution is 5.89. The molecule has 20 heavy (non-hydrogen) atoms. The lowest BCUT2D eigenvalue weighted by Crippen LogP contribution is -1.98. The van der Waals surface area contributed by atoms with E-state index in [1.54, 1.807) is 12.1 Å². The topological polar surface area (TPSA) is 46.5 Å². The summed E-state index contributed by atoms with van der Waals surface area (Å²) in [6.07, 6.45) is 0. The molecular formula is C16H15FO3. The van der Waals surface area contributed by atoms with E-state index in [9.17, 15) is 9.18 Å². The molecule has 4 heteroatoms. The lowest BCUT2D eigenvalue weighted by atomic mass is 9.98. The Balaban J connectivity index is 2.48. The Bertz CT molecular complexity index is 650. The van der Waals surface area contributed by atoms with Gasteiger partial charge >= 0.3 is 5.97 Å². The van der Waals surface area contributed by atoms with Crippen molar-refractivity contribution in [2.75, 3.05) is 6.61 Å². The van der Waals surface area contributed by atoms with E-state index in [1.165, 1.54) is 12.1 Å². The zero-order valence-corrected chi connectivity index (χ0v) is 11.3. The van der Waals surface area contributed by atoms with E-state index in [0.717, 1.165) is 22.9 Å². The molecule has 0 atom stereocenters. The van der Waals surface area contributed by atoms with Crippen molar-refractivity contribution in [1.29, 1.82) is 0 Å². The molecule has 0 aliphatic heterocycles. The summed E-state index contributed by atoms with van der Waals surface area (Å²) in [4.78, 5) is 11.0. The van der Waals surface area contributed by atoms with Gasteiger partial charge in [-0.2, -0.15) is 0 Å². The predicted molar refractivity (Wildman–Crippen MR) is 74.7 cm³/mol. The Morgan fingerprint density at radius 1 is 1.25 bits per heavy atom. The van der Waals surface area contributed by atoms with Crippen LogP contribution in [0, 0.1) is 12.7 Å². The fourth-order valence-corrected chi connectivity index (χ4v) is 2.09. The molecule has 0 saturated heterocycles. The quantitative estimate of drug-likeness (QED) is 0.919. The second-order valence-corrected chi connectivity index (χ2v) is 4.44. The van der Waals surface area contributed by atoms with Crippen molar-refractivity contribution in [2.24, 2.45) is 0 Å². The van der Waals surface area contributed by atoms with Crippen molar-refractivity contribution in [2.45, 2.75) is 13.8 Å². The van der Waals surface area contributed by atoms with Gasteiger partial charge in [-0.25, -0.2) is 9.18 Å². The summed E-state index contributed by atoms with van der Waals surface area (Å²) in [5, 5.41) is 8.98. The third-order valence-corrected chi connectivity index (χ3v) is 2.96. The number of rotatable bonds is 4. The number of aryl methyl sites for hydroxylation is 1. The molecule has 0 unspecified atom stereocenters. The van der Waals surface area contributed by atoms with Crippen molar-refractivity contribution in [3.63, 3.8) is 0 Å². The summed E-state index contributed by atoms with van der Waals surface area (Å²) in [7, 11) is 0. The molecule has 1 N–H and O–H groups in total. The van der Waals surface area contributed by atoms with E-state index in [0.29, 0.717) is 12.2 Å². The van der Waals surface area contributed by atoms with Gasteiger partial charge < -0.3 is 9.84 Å². The molecule has 0 aliphatic rings. The molecule has 0 saturated carbocycles. The highest BCUT2D eigenvalue weighted by atomic mass is 19.1. The number of carbonyl (C=O) groups is 1. The number of halogens is 1. The lowest BCUT2D eigenvalue weighted by Gasteiger charge is -2.10.